The van der Waals surface area contributed by atoms with Gasteiger partial charge in [0.25, 0.3) is 0 Å². The van der Waals surface area contributed by atoms with E-state index in [1.165, 1.54) is 5.57 Å². The maximum atomic E-state index is 13.0. The second-order valence-electron chi connectivity index (χ2n) is 14.4. The third kappa shape index (κ3) is 3.56. The molecular formula is C32H48O4. The lowest BCUT2D eigenvalue weighted by atomic mass is 9.40. The van der Waals surface area contributed by atoms with Crippen molar-refractivity contribution in [3.8, 4) is 0 Å². The van der Waals surface area contributed by atoms with Crippen LogP contribution in [0.25, 0.3) is 0 Å². The topological polar surface area (TPSA) is 52.6 Å². The first-order chi connectivity index (χ1) is 16.7. The summed E-state index contributed by atoms with van der Waals surface area (Å²) in [6.45, 7) is 18.4. The van der Waals surface area contributed by atoms with E-state index in [-0.39, 0.29) is 39.8 Å². The minimum atomic E-state index is -0.299. The van der Waals surface area contributed by atoms with Crippen LogP contribution in [0.3, 0.4) is 0 Å². The normalized spacial score (nSPS) is 47.3. The smallest absolute Gasteiger partial charge is 0.302 e. The first kappa shape index (κ1) is 26.2. The van der Waals surface area contributed by atoms with Crippen LogP contribution in [-0.4, -0.2) is 30.6 Å². The Kier molecular flexibility index (Phi) is 6.22. The molecule has 1 aliphatic heterocycles. The summed E-state index contributed by atoms with van der Waals surface area (Å²) in [6, 6.07) is 0. The Morgan fingerprint density at radius 2 is 1.81 bits per heavy atom. The highest BCUT2D eigenvalue weighted by molar-refractivity contribution is 5.85. The Balaban J connectivity index is 1.55. The molecule has 0 unspecified atom stereocenters. The quantitative estimate of drug-likeness (QED) is 0.310. The minimum absolute atomic E-state index is 0.00508. The largest absolute Gasteiger partial charge is 0.462 e. The summed E-state index contributed by atoms with van der Waals surface area (Å²) in [6.07, 6.45) is 11.8. The summed E-state index contributed by atoms with van der Waals surface area (Å²) in [5.41, 5.74) is 2.57. The second-order valence-corrected chi connectivity index (χ2v) is 14.4. The number of rotatable bonds is 3. The molecule has 0 N–H and O–H groups in total. The molecule has 5 rings (SSSR count). The van der Waals surface area contributed by atoms with Gasteiger partial charge in [-0.1, -0.05) is 57.9 Å². The van der Waals surface area contributed by atoms with Gasteiger partial charge < -0.3 is 9.47 Å². The van der Waals surface area contributed by atoms with Gasteiger partial charge in [0.2, 0.25) is 0 Å². The zero-order valence-electron chi connectivity index (χ0n) is 23.9. The zero-order chi connectivity index (χ0) is 26.3. The van der Waals surface area contributed by atoms with Crippen LogP contribution in [0.5, 0.6) is 0 Å². The molecule has 9 atom stereocenters. The van der Waals surface area contributed by atoms with E-state index in [4.69, 9.17) is 9.47 Å². The number of allylic oxidation sites excluding steroid dienone is 3. The SMILES string of the molecule is CC(=O)O[C@H]1C[C@H]2C(=CC[C@H]3C(C)(C)C(=O)CC[C@]23C)[C@@]2(C)CC[C@@H]([C@H]3CO[C@@H](C=C(C)C)C3)[C@]12C. The summed E-state index contributed by atoms with van der Waals surface area (Å²) >= 11 is 0. The summed E-state index contributed by atoms with van der Waals surface area (Å²) in [7, 11) is 0. The van der Waals surface area contributed by atoms with E-state index in [1.54, 1.807) is 12.5 Å². The molecular weight excluding hydrogens is 448 g/mol. The van der Waals surface area contributed by atoms with Gasteiger partial charge in [-0.2, -0.15) is 0 Å². The van der Waals surface area contributed by atoms with Crippen molar-refractivity contribution in [2.24, 2.45) is 45.3 Å². The molecule has 0 bridgehead atoms. The molecule has 200 valence electrons. The van der Waals surface area contributed by atoms with Crippen LogP contribution in [0.15, 0.2) is 23.3 Å². The van der Waals surface area contributed by atoms with Crippen molar-refractivity contribution >= 4 is 11.8 Å². The molecule has 0 amide bonds. The van der Waals surface area contributed by atoms with E-state index in [0.29, 0.717) is 35.9 Å². The number of ether oxygens (including phenoxy) is 2. The third-order valence-corrected chi connectivity index (χ3v) is 12.1. The molecule has 1 heterocycles. The number of hydrogen-bond donors (Lipinski definition) is 0. The predicted octanol–water partition coefficient (Wildman–Crippen LogP) is 7.07. The minimum Gasteiger partial charge on any atom is -0.462 e. The Morgan fingerprint density at radius 1 is 1.08 bits per heavy atom. The highest BCUT2D eigenvalue weighted by Gasteiger charge is 2.69. The van der Waals surface area contributed by atoms with Crippen molar-refractivity contribution in [2.75, 3.05) is 6.61 Å². The lowest BCUT2D eigenvalue weighted by molar-refractivity contribution is -0.179. The lowest BCUT2D eigenvalue weighted by Gasteiger charge is -2.64. The van der Waals surface area contributed by atoms with Gasteiger partial charge in [0, 0.05) is 24.2 Å². The fourth-order valence-electron chi connectivity index (χ4n) is 10.1. The maximum absolute atomic E-state index is 13.0. The highest BCUT2D eigenvalue weighted by atomic mass is 16.5. The van der Waals surface area contributed by atoms with E-state index in [1.807, 2.05) is 0 Å². The first-order valence-electron chi connectivity index (χ1n) is 14.4. The van der Waals surface area contributed by atoms with Gasteiger partial charge in [-0.05, 0) is 86.9 Å². The summed E-state index contributed by atoms with van der Waals surface area (Å²) in [5, 5.41) is 0. The van der Waals surface area contributed by atoms with E-state index >= 15 is 0 Å². The van der Waals surface area contributed by atoms with Crippen LogP contribution in [0.2, 0.25) is 0 Å². The molecule has 1 saturated heterocycles. The fourth-order valence-corrected chi connectivity index (χ4v) is 10.1. The van der Waals surface area contributed by atoms with Crippen LogP contribution in [0, 0.1) is 45.3 Å². The van der Waals surface area contributed by atoms with Gasteiger partial charge in [0.15, 0.2) is 0 Å². The number of hydrogen-bond acceptors (Lipinski definition) is 4. The average Bonchev–Trinajstić information content (AvgIpc) is 3.33. The van der Waals surface area contributed by atoms with E-state index in [2.05, 4.69) is 60.6 Å². The van der Waals surface area contributed by atoms with Gasteiger partial charge in [-0.25, -0.2) is 0 Å². The van der Waals surface area contributed by atoms with Gasteiger partial charge in [0.1, 0.15) is 11.9 Å². The second kappa shape index (κ2) is 8.55. The Labute approximate surface area is 218 Å². The highest BCUT2D eigenvalue weighted by Crippen LogP contribution is 2.73. The fraction of sp³-hybridized carbons (Fsp3) is 0.812. The van der Waals surface area contributed by atoms with Crippen molar-refractivity contribution in [1.29, 1.82) is 0 Å². The van der Waals surface area contributed by atoms with Crippen LogP contribution >= 0.6 is 0 Å². The molecule has 0 aromatic carbocycles. The number of fused-ring (bicyclic) bond motifs is 5. The van der Waals surface area contributed by atoms with Crippen molar-refractivity contribution in [3.63, 3.8) is 0 Å². The van der Waals surface area contributed by atoms with E-state index in [9.17, 15) is 9.59 Å². The lowest BCUT2D eigenvalue weighted by Crippen LogP contribution is -2.61. The van der Waals surface area contributed by atoms with Gasteiger partial charge in [0.05, 0.1) is 12.7 Å². The van der Waals surface area contributed by atoms with Crippen LogP contribution in [-0.2, 0) is 19.1 Å². The molecule has 36 heavy (non-hydrogen) atoms. The molecule has 4 fully saturated rings. The van der Waals surface area contributed by atoms with Gasteiger partial charge in [-0.15, -0.1) is 0 Å². The van der Waals surface area contributed by atoms with Crippen molar-refractivity contribution in [1.82, 2.24) is 0 Å². The Bertz CT molecular complexity index is 1000. The van der Waals surface area contributed by atoms with Crippen LogP contribution in [0.1, 0.15) is 100 Å². The number of carbonyl (C=O) groups is 2. The molecule has 4 heteroatoms. The monoisotopic (exact) mass is 496 g/mol. The first-order valence-corrected chi connectivity index (χ1v) is 14.4. The third-order valence-electron chi connectivity index (χ3n) is 12.1. The Hall–Kier alpha value is -1.42. The van der Waals surface area contributed by atoms with Crippen molar-refractivity contribution < 1.29 is 19.1 Å². The average molecular weight is 497 g/mol. The number of esters is 1. The summed E-state index contributed by atoms with van der Waals surface area (Å²) in [4.78, 5) is 25.5. The van der Waals surface area contributed by atoms with E-state index < -0.39 is 0 Å². The van der Waals surface area contributed by atoms with Crippen molar-refractivity contribution in [2.45, 2.75) is 113 Å². The molecule has 0 aromatic heterocycles. The molecule has 0 radical (unpaired) electrons. The van der Waals surface area contributed by atoms with Crippen molar-refractivity contribution in [3.05, 3.63) is 23.3 Å². The van der Waals surface area contributed by atoms with E-state index in [0.717, 1.165) is 45.1 Å². The van der Waals surface area contributed by atoms with Gasteiger partial charge >= 0.3 is 5.97 Å². The molecule has 0 aromatic rings. The predicted molar refractivity (Wildman–Crippen MR) is 142 cm³/mol. The maximum Gasteiger partial charge on any atom is 0.302 e. The number of ketones is 1. The summed E-state index contributed by atoms with van der Waals surface area (Å²) in [5.74, 6) is 1.92. The molecule has 3 saturated carbocycles. The number of carbonyl (C=O) groups excluding carboxylic acids is 2. The Morgan fingerprint density at radius 3 is 2.47 bits per heavy atom. The molecule has 4 aliphatic carbocycles. The van der Waals surface area contributed by atoms with Crippen LogP contribution in [0.4, 0.5) is 0 Å². The van der Waals surface area contributed by atoms with Crippen LogP contribution < -0.4 is 0 Å². The zero-order valence-corrected chi connectivity index (χ0v) is 23.9. The molecule has 4 nitrogen and oxygen atoms in total. The molecule has 0 spiro atoms. The summed E-state index contributed by atoms with van der Waals surface area (Å²) < 4.78 is 12.6. The standard InChI is InChI=1S/C32H48O4/c1-19(2)15-22-16-21(18-35-22)23-11-14-31(7)24-9-10-26-29(4,5)27(34)12-13-30(26,6)25(24)17-28(32(23,31)8)36-20(3)33/h9,15,21-23,25-26,28H,10-14,16-18H2,1-8H3/t21-,22+,23+,25+,26+,28+,30-,31-,32-/m1/s1. The number of Topliss-reactive ketones (excluding diaryl/α,β-unsaturated/α-hetero) is 1. The van der Waals surface area contributed by atoms with Gasteiger partial charge in [-0.3, -0.25) is 9.59 Å². The molecule has 5 aliphatic rings.